The number of hydrogen-bond acceptors (Lipinski definition) is 11. The monoisotopic (exact) mass is 557 g/mol. The van der Waals surface area contributed by atoms with Crippen molar-refractivity contribution in [2.24, 2.45) is 15.9 Å². The van der Waals surface area contributed by atoms with Gasteiger partial charge in [0.05, 0.1) is 26.9 Å². The average Bonchev–Trinajstić information content (AvgIpc) is 2.76. The number of nitrogens with zero attached hydrogens (tertiary/aromatic N) is 2. The maximum absolute atomic E-state index is 11.0. The number of anilines is 2. The molecule has 3 aromatic rings. The molecular formula is C20H23N5O8S3. The lowest BCUT2D eigenvalue weighted by Crippen LogP contribution is -2.06. The molecule has 0 radical (unpaired) electrons. The lowest BCUT2D eigenvalue weighted by Gasteiger charge is -2.11. The van der Waals surface area contributed by atoms with E-state index < -0.39 is 25.1 Å². The molecule has 0 atom stereocenters. The van der Waals surface area contributed by atoms with E-state index in [1.165, 1.54) is 30.3 Å². The third-order valence-electron chi connectivity index (χ3n) is 4.49. The summed E-state index contributed by atoms with van der Waals surface area (Å²) in [5.41, 5.74) is 17.8. The predicted molar refractivity (Wildman–Crippen MR) is 139 cm³/mol. The van der Waals surface area contributed by atoms with Crippen LogP contribution in [0.5, 0.6) is 5.75 Å². The number of phenolic OH excluding ortho intramolecular Hbond substituents is 1. The maximum atomic E-state index is 11.0. The second-order valence-corrected chi connectivity index (χ2v) is 10.5. The van der Waals surface area contributed by atoms with Crippen molar-refractivity contribution >= 4 is 73.3 Å². The Kier molecular flexibility index (Phi) is 8.76. The number of aromatic hydroxyl groups is 1. The molecule has 0 unspecified atom stereocenters. The second-order valence-electron chi connectivity index (χ2n) is 7.17. The smallest absolute Gasteiger partial charge is 0.294 e. The Morgan fingerprint density at radius 1 is 1.03 bits per heavy atom. The summed E-state index contributed by atoms with van der Waals surface area (Å²) >= 11 is 4.09. The molecule has 0 aliphatic heterocycles. The number of benzene rings is 3. The van der Waals surface area contributed by atoms with Gasteiger partial charge in [0, 0.05) is 21.9 Å². The molecule has 0 fully saturated rings. The molecule has 3 rings (SSSR count). The van der Waals surface area contributed by atoms with Crippen molar-refractivity contribution in [1.82, 2.24) is 0 Å². The van der Waals surface area contributed by atoms with Gasteiger partial charge in [0.25, 0.3) is 20.2 Å². The standard InChI is InChI=1S/C10H13N3O4S.C10H10N2O4S2/c1-7(11)13-17-6-8-5-9(18(14,15)16)3-4-10(8)12-2;11-9-7(17)2-4-1-5(18(14,15)16)3-6(13)8(4)10(9)12/h3-5H,2,6H2,1H3,(H2,11,13)(H,14,15,16);1-3,13,17H,11-12H2,(H,14,15,16). The third-order valence-corrected chi connectivity index (χ3v) is 6.55. The molecule has 0 aromatic heterocycles. The first-order valence-electron chi connectivity index (χ1n) is 9.56. The summed E-state index contributed by atoms with van der Waals surface area (Å²) < 4.78 is 61.9. The molecule has 0 saturated carbocycles. The molecule has 0 amide bonds. The number of hydrogen-bond donors (Lipinski definition) is 7. The summed E-state index contributed by atoms with van der Waals surface area (Å²) in [5, 5.41) is 13.8. The fraction of sp³-hybridized carbons (Fsp3) is 0.100. The maximum Gasteiger partial charge on any atom is 0.294 e. The van der Waals surface area contributed by atoms with Crippen LogP contribution in [0.15, 0.2) is 61.2 Å². The molecule has 0 bridgehead atoms. The normalized spacial score (nSPS) is 12.1. The van der Waals surface area contributed by atoms with E-state index in [9.17, 15) is 21.9 Å². The topological polar surface area (TPSA) is 241 Å². The Morgan fingerprint density at radius 2 is 1.64 bits per heavy atom. The molecule has 0 aliphatic rings. The van der Waals surface area contributed by atoms with E-state index in [0.717, 1.165) is 6.07 Å². The van der Waals surface area contributed by atoms with Crippen LogP contribution in [0.1, 0.15) is 12.5 Å². The lowest BCUT2D eigenvalue weighted by molar-refractivity contribution is 0.130. The Bertz CT molecular complexity index is 1570. The summed E-state index contributed by atoms with van der Waals surface area (Å²) in [6.45, 7) is 4.86. The van der Waals surface area contributed by atoms with E-state index in [-0.39, 0.29) is 39.8 Å². The number of nitrogens with two attached hydrogens (primary N) is 3. The van der Waals surface area contributed by atoms with E-state index in [1.54, 1.807) is 6.92 Å². The summed E-state index contributed by atoms with van der Waals surface area (Å²) in [6.07, 6.45) is 0. The summed E-state index contributed by atoms with van der Waals surface area (Å²) in [4.78, 5) is 8.27. The number of aliphatic imine (C=N–C) groups is 1. The molecule has 13 nitrogen and oxygen atoms in total. The molecule has 9 N–H and O–H groups in total. The summed E-state index contributed by atoms with van der Waals surface area (Å²) in [6, 6.07) is 7.42. The highest BCUT2D eigenvalue weighted by Gasteiger charge is 2.17. The van der Waals surface area contributed by atoms with Gasteiger partial charge >= 0.3 is 0 Å². The number of phenols is 1. The van der Waals surface area contributed by atoms with Crippen LogP contribution in [0, 0.1) is 0 Å². The predicted octanol–water partition coefficient (Wildman–Crippen LogP) is 2.32. The van der Waals surface area contributed by atoms with Crippen molar-refractivity contribution in [3.63, 3.8) is 0 Å². The van der Waals surface area contributed by atoms with Gasteiger partial charge in [0.2, 0.25) is 0 Å². The highest BCUT2D eigenvalue weighted by Crippen LogP contribution is 2.39. The lowest BCUT2D eigenvalue weighted by atomic mass is 10.1. The number of fused-ring (bicyclic) bond motifs is 1. The zero-order valence-electron chi connectivity index (χ0n) is 18.7. The van der Waals surface area contributed by atoms with Crippen molar-refractivity contribution in [3.8, 4) is 5.75 Å². The van der Waals surface area contributed by atoms with Crippen LogP contribution >= 0.6 is 12.6 Å². The number of rotatable bonds is 6. The third kappa shape index (κ3) is 6.98. The molecule has 0 aliphatic carbocycles. The van der Waals surface area contributed by atoms with Crippen molar-refractivity contribution in [2.75, 3.05) is 11.5 Å². The number of thiol groups is 1. The quantitative estimate of drug-likeness (QED) is 0.0579. The Balaban J connectivity index is 0.000000254. The van der Waals surface area contributed by atoms with E-state index in [4.69, 9.17) is 31.1 Å². The molecule has 0 saturated heterocycles. The van der Waals surface area contributed by atoms with Crippen LogP contribution in [0.3, 0.4) is 0 Å². The van der Waals surface area contributed by atoms with Gasteiger partial charge < -0.3 is 27.1 Å². The number of nitrogen functional groups attached to an aromatic ring is 2. The molecule has 194 valence electrons. The summed E-state index contributed by atoms with van der Waals surface area (Å²) in [7, 11) is -8.68. The first-order chi connectivity index (χ1) is 16.6. The minimum atomic E-state index is -4.41. The van der Waals surface area contributed by atoms with E-state index >= 15 is 0 Å². The second kappa shape index (κ2) is 11.0. The minimum absolute atomic E-state index is 0.0355. The van der Waals surface area contributed by atoms with E-state index in [1.807, 2.05) is 0 Å². The fourth-order valence-corrected chi connectivity index (χ4v) is 4.20. The molecular weight excluding hydrogens is 534 g/mol. The largest absolute Gasteiger partial charge is 0.507 e. The van der Waals surface area contributed by atoms with Gasteiger partial charge in [-0.25, -0.2) is 0 Å². The zero-order chi connectivity index (χ0) is 27.4. The first-order valence-corrected chi connectivity index (χ1v) is 12.9. The first kappa shape index (κ1) is 28.7. The molecule has 36 heavy (non-hydrogen) atoms. The van der Waals surface area contributed by atoms with Crippen LogP contribution in [-0.4, -0.2) is 43.6 Å². The van der Waals surface area contributed by atoms with E-state index in [0.29, 0.717) is 21.5 Å². The molecule has 0 spiro atoms. The van der Waals surface area contributed by atoms with Gasteiger partial charge in [-0.05, 0) is 49.4 Å². The molecule has 0 heterocycles. The van der Waals surface area contributed by atoms with Gasteiger partial charge in [-0.3, -0.25) is 14.1 Å². The van der Waals surface area contributed by atoms with Gasteiger partial charge in [0.1, 0.15) is 18.2 Å². The average molecular weight is 558 g/mol. The van der Waals surface area contributed by atoms with Crippen LogP contribution < -0.4 is 17.2 Å². The zero-order valence-corrected chi connectivity index (χ0v) is 21.2. The van der Waals surface area contributed by atoms with Crippen molar-refractivity contribution in [3.05, 3.63) is 42.0 Å². The number of oxime groups is 1. The van der Waals surface area contributed by atoms with Gasteiger partial charge in [-0.2, -0.15) is 16.8 Å². The molecule has 3 aromatic carbocycles. The van der Waals surface area contributed by atoms with Gasteiger partial charge in [-0.1, -0.05) is 5.16 Å². The highest BCUT2D eigenvalue weighted by atomic mass is 32.2. The van der Waals surface area contributed by atoms with Gasteiger partial charge in [0.15, 0.2) is 0 Å². The van der Waals surface area contributed by atoms with Gasteiger partial charge in [-0.15, -0.1) is 12.6 Å². The van der Waals surface area contributed by atoms with Crippen LogP contribution in [0.4, 0.5) is 17.1 Å². The van der Waals surface area contributed by atoms with Crippen LogP contribution in [-0.2, 0) is 31.7 Å². The van der Waals surface area contributed by atoms with E-state index in [2.05, 4.69) is 29.5 Å². The Labute approximate surface area is 212 Å². The van der Waals surface area contributed by atoms with Crippen molar-refractivity contribution in [2.45, 2.75) is 28.2 Å². The van der Waals surface area contributed by atoms with Crippen molar-refractivity contribution < 1.29 is 35.9 Å². The molecule has 16 heteroatoms. The summed E-state index contributed by atoms with van der Waals surface area (Å²) in [5.74, 6) is -0.147. The van der Waals surface area contributed by atoms with Crippen molar-refractivity contribution in [1.29, 1.82) is 0 Å². The minimum Gasteiger partial charge on any atom is -0.507 e. The van der Waals surface area contributed by atoms with Crippen LogP contribution in [0.25, 0.3) is 10.8 Å². The van der Waals surface area contributed by atoms with Crippen LogP contribution in [0.2, 0.25) is 0 Å². The number of amidine groups is 1. The highest BCUT2D eigenvalue weighted by molar-refractivity contribution is 7.86. The Morgan fingerprint density at radius 3 is 2.17 bits per heavy atom. The SMILES string of the molecule is C=Nc1ccc(S(=O)(=O)O)cc1CON=C(C)N.Nc1c(S)cc2cc(S(=O)(=O)O)cc(O)c2c1N. The fourth-order valence-electron chi connectivity index (χ4n) is 2.87. The Hall–Kier alpha value is -3.57.